The molecule has 0 bridgehead atoms. The minimum absolute atomic E-state index is 0.268. The van der Waals surface area contributed by atoms with Gasteiger partial charge in [-0.3, -0.25) is 0 Å². The van der Waals surface area contributed by atoms with Gasteiger partial charge in [0.15, 0.2) is 0 Å². The maximum atomic E-state index is 13.0. The number of para-hydroxylation sites is 1. The van der Waals surface area contributed by atoms with Crippen LogP contribution >= 0.6 is 0 Å². The summed E-state index contributed by atoms with van der Waals surface area (Å²) in [6.07, 6.45) is 2.05. The molecule has 0 fully saturated rings. The molecule has 0 saturated heterocycles. The van der Waals surface area contributed by atoms with Crippen LogP contribution < -0.4 is 0 Å². The topological polar surface area (TPSA) is 31.0 Å². The number of rotatable bonds is 3. The summed E-state index contributed by atoms with van der Waals surface area (Å²) >= 11 is 0. The average molecular weight is 306 g/mol. The van der Waals surface area contributed by atoms with Crippen molar-refractivity contribution in [1.29, 1.82) is 0 Å². The van der Waals surface area contributed by atoms with E-state index in [4.69, 9.17) is 4.42 Å². The van der Waals surface area contributed by atoms with Crippen LogP contribution in [0.1, 0.15) is 11.5 Å². The SMILES string of the molecule is Cc1oc(-c2ccc(F)cc2)nc1Cn1ccc2ccccc21. The smallest absolute Gasteiger partial charge is 0.226 e. The van der Waals surface area contributed by atoms with Gasteiger partial charge in [0.05, 0.1) is 6.54 Å². The first-order chi connectivity index (χ1) is 11.2. The number of fused-ring (bicyclic) bond motifs is 1. The minimum atomic E-state index is -0.268. The Hall–Kier alpha value is -2.88. The summed E-state index contributed by atoms with van der Waals surface area (Å²) in [5, 5.41) is 1.20. The Morgan fingerprint density at radius 1 is 1.04 bits per heavy atom. The van der Waals surface area contributed by atoms with Crippen molar-refractivity contribution in [3.8, 4) is 11.5 Å². The Morgan fingerprint density at radius 3 is 2.65 bits per heavy atom. The van der Waals surface area contributed by atoms with Gasteiger partial charge in [-0.25, -0.2) is 9.37 Å². The Morgan fingerprint density at radius 2 is 1.83 bits per heavy atom. The number of aryl methyl sites for hydroxylation is 1. The first kappa shape index (κ1) is 13.8. The highest BCUT2D eigenvalue weighted by molar-refractivity contribution is 5.80. The second kappa shape index (κ2) is 5.39. The number of oxazole rings is 1. The van der Waals surface area contributed by atoms with Crippen LogP contribution in [0.15, 0.2) is 65.2 Å². The summed E-state index contributed by atoms with van der Waals surface area (Å²) in [6.45, 7) is 2.55. The van der Waals surface area contributed by atoms with Gasteiger partial charge in [0.1, 0.15) is 17.3 Å². The number of halogens is 1. The van der Waals surface area contributed by atoms with E-state index in [-0.39, 0.29) is 5.82 Å². The molecule has 0 N–H and O–H groups in total. The van der Waals surface area contributed by atoms with E-state index in [1.807, 2.05) is 19.1 Å². The quantitative estimate of drug-likeness (QED) is 0.545. The van der Waals surface area contributed by atoms with Gasteiger partial charge in [-0.15, -0.1) is 0 Å². The van der Waals surface area contributed by atoms with Crippen LogP contribution in [0.4, 0.5) is 4.39 Å². The van der Waals surface area contributed by atoms with E-state index < -0.39 is 0 Å². The Labute approximate surface area is 133 Å². The van der Waals surface area contributed by atoms with Gasteiger partial charge < -0.3 is 8.98 Å². The van der Waals surface area contributed by atoms with Crippen molar-refractivity contribution in [3.05, 3.63) is 78.1 Å². The number of hydrogen-bond acceptors (Lipinski definition) is 2. The van der Waals surface area contributed by atoms with E-state index in [2.05, 4.69) is 33.9 Å². The van der Waals surface area contributed by atoms with E-state index in [0.717, 1.165) is 17.0 Å². The van der Waals surface area contributed by atoms with Crippen molar-refractivity contribution in [1.82, 2.24) is 9.55 Å². The standard InChI is InChI=1S/C19H15FN2O/c1-13-17(12-22-11-10-14-4-2-3-5-18(14)22)21-19(23-13)15-6-8-16(20)9-7-15/h2-11H,12H2,1H3. The summed E-state index contributed by atoms with van der Waals surface area (Å²) in [5.41, 5.74) is 2.82. The second-order valence-corrected chi connectivity index (χ2v) is 5.53. The molecule has 0 radical (unpaired) electrons. The van der Waals surface area contributed by atoms with E-state index in [0.29, 0.717) is 12.4 Å². The van der Waals surface area contributed by atoms with Gasteiger partial charge in [-0.1, -0.05) is 18.2 Å². The van der Waals surface area contributed by atoms with Gasteiger partial charge in [-0.2, -0.15) is 0 Å². The molecular formula is C19H15FN2O. The summed E-state index contributed by atoms with van der Waals surface area (Å²) in [6, 6.07) is 16.5. The van der Waals surface area contributed by atoms with Crippen LogP contribution in [-0.2, 0) is 6.54 Å². The lowest BCUT2D eigenvalue weighted by atomic mass is 10.2. The molecule has 0 aliphatic carbocycles. The monoisotopic (exact) mass is 306 g/mol. The van der Waals surface area contributed by atoms with Gasteiger partial charge >= 0.3 is 0 Å². The molecule has 0 aliphatic rings. The summed E-state index contributed by atoms with van der Waals surface area (Å²) in [7, 11) is 0. The summed E-state index contributed by atoms with van der Waals surface area (Å²) in [5.74, 6) is 1.03. The zero-order valence-electron chi connectivity index (χ0n) is 12.7. The lowest BCUT2D eigenvalue weighted by Gasteiger charge is -2.03. The number of nitrogens with zero attached hydrogens (tertiary/aromatic N) is 2. The molecule has 0 amide bonds. The third-order valence-corrected chi connectivity index (χ3v) is 3.98. The van der Waals surface area contributed by atoms with E-state index in [1.165, 1.54) is 23.0 Å². The molecule has 4 heteroatoms. The van der Waals surface area contributed by atoms with Gasteiger partial charge in [-0.05, 0) is 48.7 Å². The van der Waals surface area contributed by atoms with Crippen molar-refractivity contribution in [3.63, 3.8) is 0 Å². The molecule has 3 nitrogen and oxygen atoms in total. The highest BCUT2D eigenvalue weighted by Gasteiger charge is 2.12. The van der Waals surface area contributed by atoms with Crippen molar-refractivity contribution >= 4 is 10.9 Å². The molecule has 0 saturated carbocycles. The van der Waals surface area contributed by atoms with Crippen molar-refractivity contribution in [2.75, 3.05) is 0 Å². The molecule has 0 aliphatic heterocycles. The molecule has 4 aromatic rings. The number of aromatic nitrogens is 2. The third-order valence-electron chi connectivity index (χ3n) is 3.98. The highest BCUT2D eigenvalue weighted by atomic mass is 19.1. The van der Waals surface area contributed by atoms with Gasteiger partial charge in [0.2, 0.25) is 5.89 Å². The molecular weight excluding hydrogens is 291 g/mol. The highest BCUT2D eigenvalue weighted by Crippen LogP contribution is 2.24. The summed E-state index contributed by atoms with van der Waals surface area (Å²) in [4.78, 5) is 4.58. The Balaban J connectivity index is 1.69. The molecule has 2 aromatic carbocycles. The molecule has 0 atom stereocenters. The van der Waals surface area contributed by atoms with Crippen LogP contribution in [-0.4, -0.2) is 9.55 Å². The molecule has 2 aromatic heterocycles. The average Bonchev–Trinajstić information content (AvgIpc) is 3.13. The first-order valence-electron chi connectivity index (χ1n) is 7.47. The van der Waals surface area contributed by atoms with Crippen LogP contribution in [0.5, 0.6) is 0 Å². The molecule has 114 valence electrons. The lowest BCUT2D eigenvalue weighted by molar-refractivity contribution is 0.538. The predicted octanol–water partition coefficient (Wildman–Crippen LogP) is 4.79. The zero-order valence-corrected chi connectivity index (χ0v) is 12.7. The second-order valence-electron chi connectivity index (χ2n) is 5.53. The van der Waals surface area contributed by atoms with E-state index in [1.54, 1.807) is 12.1 Å². The van der Waals surface area contributed by atoms with Crippen molar-refractivity contribution < 1.29 is 8.81 Å². The molecule has 23 heavy (non-hydrogen) atoms. The van der Waals surface area contributed by atoms with E-state index in [9.17, 15) is 4.39 Å². The van der Waals surface area contributed by atoms with Crippen LogP contribution in [0.3, 0.4) is 0 Å². The minimum Gasteiger partial charge on any atom is -0.441 e. The number of benzene rings is 2. The van der Waals surface area contributed by atoms with Gasteiger partial charge in [0.25, 0.3) is 0 Å². The maximum absolute atomic E-state index is 13.0. The fraction of sp³-hybridized carbons (Fsp3) is 0.105. The fourth-order valence-corrected chi connectivity index (χ4v) is 2.73. The lowest BCUT2D eigenvalue weighted by Crippen LogP contribution is -1.99. The van der Waals surface area contributed by atoms with Crippen molar-refractivity contribution in [2.24, 2.45) is 0 Å². The maximum Gasteiger partial charge on any atom is 0.226 e. The molecule has 0 unspecified atom stereocenters. The van der Waals surface area contributed by atoms with Gasteiger partial charge in [0, 0.05) is 17.3 Å². The first-order valence-corrected chi connectivity index (χ1v) is 7.47. The van der Waals surface area contributed by atoms with E-state index >= 15 is 0 Å². The molecule has 2 heterocycles. The normalized spacial score (nSPS) is 11.2. The number of hydrogen-bond donors (Lipinski definition) is 0. The molecule has 4 rings (SSSR count). The predicted molar refractivity (Wildman–Crippen MR) is 87.7 cm³/mol. The fourth-order valence-electron chi connectivity index (χ4n) is 2.73. The summed E-state index contributed by atoms with van der Waals surface area (Å²) < 4.78 is 20.9. The zero-order chi connectivity index (χ0) is 15.8. The Bertz CT molecular complexity index is 967. The van der Waals surface area contributed by atoms with Crippen LogP contribution in [0.25, 0.3) is 22.4 Å². The Kier molecular flexibility index (Phi) is 3.23. The molecule has 0 spiro atoms. The third kappa shape index (κ3) is 2.52. The van der Waals surface area contributed by atoms with Crippen molar-refractivity contribution in [2.45, 2.75) is 13.5 Å². The van der Waals surface area contributed by atoms with Crippen LogP contribution in [0, 0.1) is 12.7 Å². The largest absolute Gasteiger partial charge is 0.441 e. The van der Waals surface area contributed by atoms with Crippen LogP contribution in [0.2, 0.25) is 0 Å².